The number of carboxylic acid groups (broad SMARTS) is 1. The van der Waals surface area contributed by atoms with Gasteiger partial charge in [-0.05, 0) is 24.5 Å². The molecule has 5 atom stereocenters. The Morgan fingerprint density at radius 3 is 2.39 bits per heavy atom. The molecule has 0 saturated heterocycles. The van der Waals surface area contributed by atoms with Gasteiger partial charge in [0, 0.05) is 41.8 Å². The average molecular weight is 526 g/mol. The van der Waals surface area contributed by atoms with Gasteiger partial charge >= 0.3 is 5.97 Å². The Morgan fingerprint density at radius 1 is 1.00 bits per heavy atom. The molecule has 0 bridgehead atoms. The molecule has 2 heterocycles. The zero-order valence-corrected chi connectivity index (χ0v) is 21.7. The first-order valence-electron chi connectivity index (χ1n) is 12.5. The molecule has 0 spiro atoms. The number of carboxylic acids is 1. The summed E-state index contributed by atoms with van der Waals surface area (Å²) >= 11 is 0. The largest absolute Gasteiger partial charge is 0.480 e. The fourth-order valence-corrected chi connectivity index (χ4v) is 4.08. The number of H-pyrrole nitrogens is 2. The number of nitrogens with one attached hydrogen (secondary N) is 5. The van der Waals surface area contributed by atoms with Crippen LogP contribution in [0.5, 0.6) is 0 Å². The summed E-state index contributed by atoms with van der Waals surface area (Å²) in [5.41, 5.74) is 8.27. The summed E-state index contributed by atoms with van der Waals surface area (Å²) in [7, 11) is 0. The van der Waals surface area contributed by atoms with Gasteiger partial charge < -0.3 is 36.8 Å². The van der Waals surface area contributed by atoms with Crippen molar-refractivity contribution >= 4 is 34.6 Å². The first-order valence-corrected chi connectivity index (χ1v) is 12.5. The molecule has 0 radical (unpaired) electrons. The van der Waals surface area contributed by atoms with E-state index in [0.717, 1.165) is 16.5 Å². The van der Waals surface area contributed by atoms with E-state index in [1.54, 1.807) is 19.3 Å². The highest BCUT2D eigenvalue weighted by Crippen LogP contribution is 2.19. The summed E-state index contributed by atoms with van der Waals surface area (Å²) in [5, 5.41) is 18.3. The van der Waals surface area contributed by atoms with Crippen LogP contribution in [0.3, 0.4) is 0 Å². The molecule has 0 saturated carbocycles. The van der Waals surface area contributed by atoms with Crippen molar-refractivity contribution in [1.29, 1.82) is 0 Å². The maximum Gasteiger partial charge on any atom is 0.326 e. The van der Waals surface area contributed by atoms with Gasteiger partial charge in [-0.3, -0.25) is 14.4 Å². The molecule has 5 unspecified atom stereocenters. The van der Waals surface area contributed by atoms with Gasteiger partial charge in [0.05, 0.1) is 12.4 Å². The van der Waals surface area contributed by atoms with Crippen LogP contribution >= 0.6 is 0 Å². The highest BCUT2D eigenvalue weighted by Gasteiger charge is 2.31. The number of aliphatic carboxylic acids is 1. The first-order chi connectivity index (χ1) is 18.1. The smallest absolute Gasteiger partial charge is 0.326 e. The molecule has 3 rings (SSSR count). The molecule has 3 aromatic rings. The van der Waals surface area contributed by atoms with Gasteiger partial charge in [-0.1, -0.05) is 38.5 Å². The van der Waals surface area contributed by atoms with Gasteiger partial charge in [0.15, 0.2) is 0 Å². The summed E-state index contributed by atoms with van der Waals surface area (Å²) in [5.74, 6) is -3.26. The van der Waals surface area contributed by atoms with Crippen molar-refractivity contribution in [3.8, 4) is 0 Å². The molecule has 0 aliphatic heterocycles. The summed E-state index contributed by atoms with van der Waals surface area (Å²) < 4.78 is 0. The Hall–Kier alpha value is -4.19. The molecule has 12 nitrogen and oxygen atoms in total. The number of nitrogens with two attached hydrogens (primary N) is 1. The second kappa shape index (κ2) is 12.9. The van der Waals surface area contributed by atoms with E-state index in [1.165, 1.54) is 13.3 Å². The van der Waals surface area contributed by atoms with E-state index in [0.29, 0.717) is 12.1 Å². The summed E-state index contributed by atoms with van der Waals surface area (Å²) in [6.45, 7) is 5.05. The lowest BCUT2D eigenvalue weighted by molar-refractivity contribution is -0.143. The van der Waals surface area contributed by atoms with Crippen molar-refractivity contribution in [2.45, 2.75) is 64.2 Å². The molecule has 2 aromatic heterocycles. The van der Waals surface area contributed by atoms with Crippen LogP contribution in [0.4, 0.5) is 0 Å². The number of carbonyl (C=O) groups is 4. The SMILES string of the molecule is CCC(C)C(NC(=O)C(Cc1c[nH]c2ccccc12)NC(=O)C(C)NC(=O)C(N)Cc1cnc[nH]1)C(=O)O. The predicted molar refractivity (Wildman–Crippen MR) is 141 cm³/mol. The number of hydrogen-bond donors (Lipinski definition) is 7. The first kappa shape index (κ1) is 28.4. The van der Waals surface area contributed by atoms with Crippen LogP contribution in [-0.4, -0.2) is 67.9 Å². The number of amides is 3. The molecule has 38 heavy (non-hydrogen) atoms. The minimum absolute atomic E-state index is 0.106. The third-order valence-electron chi connectivity index (χ3n) is 6.59. The molecule has 1 aromatic carbocycles. The van der Waals surface area contributed by atoms with E-state index in [9.17, 15) is 24.3 Å². The standard InChI is InChI=1S/C26H35N7O5/c1-4-14(2)22(26(37)38)33-25(36)21(9-16-11-29-20-8-6-5-7-18(16)20)32-23(34)15(3)31-24(35)19(27)10-17-12-28-13-30-17/h5-8,11-15,19,21-22,29H,4,9-10,27H2,1-3H3,(H,28,30)(H,31,35)(H,32,34)(H,33,36)(H,37,38). The van der Waals surface area contributed by atoms with Crippen molar-refractivity contribution < 1.29 is 24.3 Å². The number of hydrogen-bond acceptors (Lipinski definition) is 6. The van der Waals surface area contributed by atoms with Gasteiger partial charge in [0.25, 0.3) is 0 Å². The number of fused-ring (bicyclic) bond motifs is 1. The fourth-order valence-electron chi connectivity index (χ4n) is 4.08. The molecule has 0 aliphatic rings. The molecule has 3 amide bonds. The third kappa shape index (κ3) is 7.19. The lowest BCUT2D eigenvalue weighted by atomic mass is 9.98. The Morgan fingerprint density at radius 2 is 1.74 bits per heavy atom. The Kier molecular flexibility index (Phi) is 9.61. The van der Waals surface area contributed by atoms with Crippen LogP contribution in [0.1, 0.15) is 38.4 Å². The highest BCUT2D eigenvalue weighted by atomic mass is 16.4. The number of aromatic amines is 2. The zero-order chi connectivity index (χ0) is 27.8. The van der Waals surface area contributed by atoms with E-state index in [-0.39, 0.29) is 18.8 Å². The van der Waals surface area contributed by atoms with E-state index < -0.39 is 47.9 Å². The maximum absolute atomic E-state index is 13.3. The van der Waals surface area contributed by atoms with Gasteiger partial charge in [0.1, 0.15) is 18.1 Å². The highest BCUT2D eigenvalue weighted by molar-refractivity contribution is 5.94. The fraction of sp³-hybridized carbons (Fsp3) is 0.423. The van der Waals surface area contributed by atoms with E-state index in [2.05, 4.69) is 30.9 Å². The van der Waals surface area contributed by atoms with E-state index >= 15 is 0 Å². The van der Waals surface area contributed by atoms with Crippen LogP contribution in [0, 0.1) is 5.92 Å². The van der Waals surface area contributed by atoms with Crippen LogP contribution < -0.4 is 21.7 Å². The average Bonchev–Trinajstić information content (AvgIpc) is 3.56. The normalized spacial score (nSPS) is 15.2. The molecule has 0 aliphatic carbocycles. The maximum atomic E-state index is 13.3. The number of benzene rings is 1. The number of carbonyl (C=O) groups excluding carboxylic acids is 3. The molecule has 204 valence electrons. The van der Waals surface area contributed by atoms with Crippen LogP contribution in [0.25, 0.3) is 10.9 Å². The minimum atomic E-state index is -1.16. The van der Waals surface area contributed by atoms with E-state index in [1.807, 2.05) is 31.2 Å². The quantitative estimate of drug-likeness (QED) is 0.170. The monoisotopic (exact) mass is 525 g/mol. The molecular weight excluding hydrogens is 490 g/mol. The van der Waals surface area contributed by atoms with Crippen molar-refractivity contribution in [3.63, 3.8) is 0 Å². The molecule has 12 heteroatoms. The lowest BCUT2D eigenvalue weighted by Gasteiger charge is -2.25. The van der Waals surface area contributed by atoms with E-state index in [4.69, 9.17) is 5.73 Å². The van der Waals surface area contributed by atoms with Gasteiger partial charge in [-0.25, -0.2) is 9.78 Å². The van der Waals surface area contributed by atoms with Gasteiger partial charge in [-0.15, -0.1) is 0 Å². The number of rotatable bonds is 13. The number of aromatic nitrogens is 3. The topological polar surface area (TPSA) is 195 Å². The summed E-state index contributed by atoms with van der Waals surface area (Å²) in [4.78, 5) is 60.6. The second-order valence-corrected chi connectivity index (χ2v) is 9.45. The van der Waals surface area contributed by atoms with Gasteiger partial charge in [0.2, 0.25) is 17.7 Å². The number of imidazole rings is 1. The van der Waals surface area contributed by atoms with Crippen molar-refractivity contribution in [2.24, 2.45) is 11.7 Å². The molecule has 0 fully saturated rings. The van der Waals surface area contributed by atoms with Crippen molar-refractivity contribution in [3.05, 3.63) is 54.2 Å². The summed E-state index contributed by atoms with van der Waals surface area (Å²) in [6, 6.07) is 3.39. The Balaban J connectivity index is 1.74. The van der Waals surface area contributed by atoms with Crippen LogP contribution in [0.15, 0.2) is 43.0 Å². The minimum Gasteiger partial charge on any atom is -0.480 e. The number of para-hydroxylation sites is 1. The van der Waals surface area contributed by atoms with Gasteiger partial charge in [-0.2, -0.15) is 0 Å². The van der Waals surface area contributed by atoms with Crippen molar-refractivity contribution in [2.75, 3.05) is 0 Å². The lowest BCUT2D eigenvalue weighted by Crippen LogP contribution is -2.57. The zero-order valence-electron chi connectivity index (χ0n) is 21.7. The molecular formula is C26H35N7O5. The third-order valence-corrected chi connectivity index (χ3v) is 6.59. The Bertz CT molecular complexity index is 1260. The molecule has 8 N–H and O–H groups in total. The Labute approximate surface area is 220 Å². The van der Waals surface area contributed by atoms with Crippen LogP contribution in [-0.2, 0) is 32.0 Å². The van der Waals surface area contributed by atoms with Crippen molar-refractivity contribution in [1.82, 2.24) is 30.9 Å². The van der Waals surface area contributed by atoms with Crippen LogP contribution in [0.2, 0.25) is 0 Å². The second-order valence-electron chi connectivity index (χ2n) is 9.45. The number of nitrogens with zero attached hydrogens (tertiary/aromatic N) is 1. The summed E-state index contributed by atoms with van der Waals surface area (Å²) in [6.07, 6.45) is 5.64. The predicted octanol–water partition coefficient (Wildman–Crippen LogP) is 0.609.